The van der Waals surface area contributed by atoms with Gasteiger partial charge in [-0.1, -0.05) is 0 Å². The highest BCUT2D eigenvalue weighted by Crippen LogP contribution is 2.22. The first-order chi connectivity index (χ1) is 15.5. The summed E-state index contributed by atoms with van der Waals surface area (Å²) in [6.07, 6.45) is 0. The van der Waals surface area contributed by atoms with E-state index in [4.69, 9.17) is 22.3 Å². The molecule has 0 spiro atoms. The van der Waals surface area contributed by atoms with E-state index in [0.717, 1.165) is 24.2 Å². The topological polar surface area (TPSA) is 173 Å². The van der Waals surface area contributed by atoms with Gasteiger partial charge in [-0.25, -0.2) is 0 Å². The van der Waals surface area contributed by atoms with Gasteiger partial charge < -0.3 is 38.3 Å². The van der Waals surface area contributed by atoms with E-state index in [9.17, 15) is 0 Å². The van der Waals surface area contributed by atoms with Gasteiger partial charge >= 0.3 is 0 Å². The van der Waals surface area contributed by atoms with Gasteiger partial charge in [-0.2, -0.15) is 15.0 Å². The standard InChI is InChI=1S/C21H21N9.CH4O/c22-13-1-7-16(8-2-13)25-19-28-20(26-17-9-3-14(23)4-10-17)30-21(29-19)27-18-11-5-15(24)6-12-18;1-2/h1-12H,22-24H2,(H3,25,26,27,28,29,30);2H,1H3. The summed E-state index contributed by atoms with van der Waals surface area (Å²) in [4.78, 5) is 13.4. The second kappa shape index (κ2) is 10.5. The van der Waals surface area contributed by atoms with Gasteiger partial charge in [0.1, 0.15) is 0 Å². The normalized spacial score (nSPS) is 9.94. The summed E-state index contributed by atoms with van der Waals surface area (Å²) in [7, 11) is 1.00. The number of hydrogen-bond acceptors (Lipinski definition) is 10. The first-order valence-electron chi connectivity index (χ1n) is 9.62. The van der Waals surface area contributed by atoms with Crippen LogP contribution in [0.15, 0.2) is 72.8 Å². The molecule has 0 aliphatic rings. The van der Waals surface area contributed by atoms with E-state index < -0.39 is 0 Å². The van der Waals surface area contributed by atoms with Crippen LogP contribution in [0.2, 0.25) is 0 Å². The third-order valence-corrected chi connectivity index (χ3v) is 4.14. The highest BCUT2D eigenvalue weighted by molar-refractivity contribution is 5.64. The Hall–Kier alpha value is -4.57. The van der Waals surface area contributed by atoms with Crippen molar-refractivity contribution in [2.45, 2.75) is 0 Å². The number of nitrogens with two attached hydrogens (primary N) is 3. The summed E-state index contributed by atoms with van der Waals surface area (Å²) in [6, 6.07) is 21.9. The quantitative estimate of drug-likeness (QED) is 0.224. The summed E-state index contributed by atoms with van der Waals surface area (Å²) in [6.45, 7) is 0. The third-order valence-electron chi connectivity index (χ3n) is 4.14. The number of benzene rings is 3. The fraction of sp³-hybridized carbons (Fsp3) is 0.0455. The van der Waals surface area contributed by atoms with Crippen molar-refractivity contribution in [1.29, 1.82) is 0 Å². The Balaban J connectivity index is 0.00000141. The number of aromatic nitrogens is 3. The SMILES string of the molecule is CO.Nc1ccc(Nc2nc(Nc3ccc(N)cc3)nc(Nc3ccc(N)cc3)n2)cc1. The Morgan fingerprint density at radius 2 is 0.688 bits per heavy atom. The molecular formula is C22H25N9O. The van der Waals surface area contributed by atoms with Gasteiger partial charge in [-0.05, 0) is 72.8 Å². The molecule has 0 amide bonds. The molecule has 3 aromatic carbocycles. The molecule has 10 nitrogen and oxygen atoms in total. The fourth-order valence-corrected chi connectivity index (χ4v) is 2.63. The van der Waals surface area contributed by atoms with Crippen molar-refractivity contribution < 1.29 is 5.11 Å². The first-order valence-corrected chi connectivity index (χ1v) is 9.62. The molecule has 0 aliphatic heterocycles. The van der Waals surface area contributed by atoms with Crippen LogP contribution >= 0.6 is 0 Å². The second-order valence-electron chi connectivity index (χ2n) is 6.55. The van der Waals surface area contributed by atoms with Crippen molar-refractivity contribution in [1.82, 2.24) is 15.0 Å². The molecule has 0 bridgehead atoms. The van der Waals surface area contributed by atoms with Gasteiger partial charge in [-0.15, -0.1) is 0 Å². The fourth-order valence-electron chi connectivity index (χ4n) is 2.63. The summed E-state index contributed by atoms with van der Waals surface area (Å²) in [5.74, 6) is 1.10. The smallest absolute Gasteiger partial charge is 0.233 e. The van der Waals surface area contributed by atoms with E-state index in [1.54, 1.807) is 36.4 Å². The molecule has 4 rings (SSSR count). The summed E-state index contributed by atoms with van der Waals surface area (Å²) in [5.41, 5.74) is 21.7. The molecule has 4 aromatic rings. The average Bonchev–Trinajstić information content (AvgIpc) is 2.80. The van der Waals surface area contributed by atoms with Crippen molar-refractivity contribution in [2.24, 2.45) is 0 Å². The van der Waals surface area contributed by atoms with Gasteiger partial charge in [0.05, 0.1) is 0 Å². The number of nitrogen functional groups attached to an aromatic ring is 3. The summed E-state index contributed by atoms with van der Waals surface area (Å²) < 4.78 is 0. The second-order valence-corrected chi connectivity index (χ2v) is 6.55. The number of aliphatic hydroxyl groups is 1. The lowest BCUT2D eigenvalue weighted by Crippen LogP contribution is -2.07. The first kappa shape index (κ1) is 22.1. The lowest BCUT2D eigenvalue weighted by Gasteiger charge is -2.12. The number of nitrogens with zero attached hydrogens (tertiary/aromatic N) is 3. The molecule has 32 heavy (non-hydrogen) atoms. The highest BCUT2D eigenvalue weighted by atomic mass is 16.2. The number of anilines is 9. The number of hydrogen-bond donors (Lipinski definition) is 7. The van der Waals surface area contributed by atoms with Crippen LogP contribution in [0.4, 0.5) is 52.0 Å². The highest BCUT2D eigenvalue weighted by Gasteiger charge is 2.08. The number of nitrogens with one attached hydrogen (secondary N) is 3. The van der Waals surface area contributed by atoms with Gasteiger partial charge in [0.2, 0.25) is 17.8 Å². The van der Waals surface area contributed by atoms with Crippen molar-refractivity contribution in [2.75, 3.05) is 40.3 Å². The average molecular weight is 432 g/mol. The van der Waals surface area contributed by atoms with E-state index in [2.05, 4.69) is 30.9 Å². The van der Waals surface area contributed by atoms with Crippen molar-refractivity contribution >= 4 is 52.0 Å². The molecule has 10 heteroatoms. The van der Waals surface area contributed by atoms with E-state index in [-0.39, 0.29) is 0 Å². The monoisotopic (exact) mass is 431 g/mol. The maximum absolute atomic E-state index is 7.00. The lowest BCUT2D eigenvalue weighted by atomic mass is 10.3. The molecule has 1 aromatic heterocycles. The Kier molecular flexibility index (Phi) is 7.23. The molecule has 0 saturated heterocycles. The minimum atomic E-state index is 0.366. The van der Waals surface area contributed by atoms with Crippen LogP contribution in [0.5, 0.6) is 0 Å². The van der Waals surface area contributed by atoms with Crippen LogP contribution < -0.4 is 33.2 Å². The van der Waals surface area contributed by atoms with E-state index >= 15 is 0 Å². The Bertz CT molecular complexity index is 973. The predicted octanol–water partition coefficient (Wildman–Crippen LogP) is 3.46. The summed E-state index contributed by atoms with van der Waals surface area (Å²) >= 11 is 0. The lowest BCUT2D eigenvalue weighted by molar-refractivity contribution is 0.399. The third kappa shape index (κ3) is 6.21. The van der Waals surface area contributed by atoms with E-state index in [1.165, 1.54) is 0 Å². The van der Waals surface area contributed by atoms with Crippen LogP contribution in [0, 0.1) is 0 Å². The largest absolute Gasteiger partial charge is 0.400 e. The van der Waals surface area contributed by atoms with Gasteiger partial charge in [0, 0.05) is 41.2 Å². The Morgan fingerprint density at radius 1 is 0.469 bits per heavy atom. The van der Waals surface area contributed by atoms with Gasteiger partial charge in [0.15, 0.2) is 0 Å². The minimum Gasteiger partial charge on any atom is -0.400 e. The Morgan fingerprint density at radius 3 is 0.906 bits per heavy atom. The molecule has 0 fully saturated rings. The molecule has 10 N–H and O–H groups in total. The molecule has 164 valence electrons. The predicted molar refractivity (Wildman–Crippen MR) is 130 cm³/mol. The van der Waals surface area contributed by atoms with Crippen molar-refractivity contribution in [3.63, 3.8) is 0 Å². The van der Waals surface area contributed by atoms with Crippen LogP contribution in [-0.4, -0.2) is 27.2 Å². The minimum absolute atomic E-state index is 0.366. The zero-order chi connectivity index (χ0) is 22.9. The van der Waals surface area contributed by atoms with Crippen LogP contribution in [0.25, 0.3) is 0 Å². The molecular weight excluding hydrogens is 406 g/mol. The van der Waals surface area contributed by atoms with Crippen LogP contribution in [0.1, 0.15) is 0 Å². The molecule has 0 aliphatic carbocycles. The van der Waals surface area contributed by atoms with Crippen molar-refractivity contribution in [3.05, 3.63) is 72.8 Å². The zero-order valence-corrected chi connectivity index (χ0v) is 17.4. The van der Waals surface area contributed by atoms with E-state index in [0.29, 0.717) is 34.9 Å². The van der Waals surface area contributed by atoms with Crippen LogP contribution in [-0.2, 0) is 0 Å². The number of aliphatic hydroxyl groups excluding tert-OH is 1. The van der Waals surface area contributed by atoms with Crippen molar-refractivity contribution in [3.8, 4) is 0 Å². The molecule has 0 atom stereocenters. The maximum atomic E-state index is 7.00. The van der Waals surface area contributed by atoms with E-state index in [1.807, 2.05) is 36.4 Å². The number of rotatable bonds is 6. The molecule has 0 saturated carbocycles. The van der Waals surface area contributed by atoms with Crippen LogP contribution in [0.3, 0.4) is 0 Å². The summed E-state index contributed by atoms with van der Waals surface area (Å²) in [5, 5.41) is 16.5. The van der Waals surface area contributed by atoms with Gasteiger partial charge in [-0.3, -0.25) is 0 Å². The molecule has 0 radical (unpaired) electrons. The zero-order valence-electron chi connectivity index (χ0n) is 17.4. The Labute approximate surface area is 185 Å². The van der Waals surface area contributed by atoms with Gasteiger partial charge in [0.25, 0.3) is 0 Å². The molecule has 1 heterocycles. The maximum Gasteiger partial charge on any atom is 0.233 e. The molecule has 0 unspecified atom stereocenters.